The number of aromatic hydroxyl groups is 1. The number of phenols is 1. The molecule has 1 fully saturated rings. The number of hydrogen-bond acceptors (Lipinski definition) is 5. The highest BCUT2D eigenvalue weighted by Crippen LogP contribution is 2.37. The van der Waals surface area contributed by atoms with Crippen LogP contribution in [0.3, 0.4) is 0 Å². The Balaban J connectivity index is 2.43. The predicted octanol–water partition coefficient (Wildman–Crippen LogP) is 0.590. The smallest absolute Gasteiger partial charge is 0.326 e. The van der Waals surface area contributed by atoms with Gasteiger partial charge in [-0.15, -0.1) is 0 Å². The van der Waals surface area contributed by atoms with Crippen molar-refractivity contribution in [3.63, 3.8) is 0 Å². The molecule has 0 unspecified atom stereocenters. The molecule has 7 heteroatoms. The maximum absolute atomic E-state index is 11.4. The lowest BCUT2D eigenvalue weighted by atomic mass is 10.1. The summed E-state index contributed by atoms with van der Waals surface area (Å²) in [6, 6.07) is 2.46. The first-order valence-corrected chi connectivity index (χ1v) is 5.34. The molecule has 3 amide bonds. The van der Waals surface area contributed by atoms with Crippen LogP contribution in [0, 0.1) is 0 Å². The molecular weight excluding hydrogens is 252 g/mol. The second-order valence-corrected chi connectivity index (χ2v) is 3.74. The molecule has 0 spiro atoms. The molecule has 0 bridgehead atoms. The van der Waals surface area contributed by atoms with Crippen LogP contribution < -0.4 is 20.1 Å². The standard InChI is InChI=1S/C12H12N2O5/c1-18-8-4-6(5-9(19-2)10(8)15)3-7-11(16)14-12(17)13-7/h3-5,15H,1-2H3,(H2,13,14,16,17)/b7-3-. The zero-order valence-electron chi connectivity index (χ0n) is 10.3. The number of phenolic OH excluding ortho intramolecular Hbond substituents is 1. The van der Waals surface area contributed by atoms with Crippen molar-refractivity contribution in [2.75, 3.05) is 14.2 Å². The Morgan fingerprint density at radius 3 is 2.11 bits per heavy atom. The number of hydrogen-bond donors (Lipinski definition) is 3. The monoisotopic (exact) mass is 264 g/mol. The summed E-state index contributed by atoms with van der Waals surface area (Å²) in [5.41, 5.74) is 0.652. The average molecular weight is 264 g/mol. The first-order chi connectivity index (χ1) is 9.05. The summed E-state index contributed by atoms with van der Waals surface area (Å²) in [6.07, 6.45) is 1.45. The number of carbonyl (C=O) groups excluding carboxylic acids is 2. The Labute approximate surface area is 108 Å². The number of amides is 3. The summed E-state index contributed by atoms with van der Waals surface area (Å²) >= 11 is 0. The van der Waals surface area contributed by atoms with Gasteiger partial charge in [0, 0.05) is 0 Å². The zero-order valence-corrected chi connectivity index (χ0v) is 10.3. The lowest BCUT2D eigenvalue weighted by Crippen LogP contribution is -2.22. The van der Waals surface area contributed by atoms with E-state index in [0.717, 1.165) is 0 Å². The van der Waals surface area contributed by atoms with Crippen LogP contribution >= 0.6 is 0 Å². The summed E-state index contributed by atoms with van der Waals surface area (Å²) in [5.74, 6) is -0.241. The lowest BCUT2D eigenvalue weighted by Gasteiger charge is -2.09. The fourth-order valence-electron chi connectivity index (χ4n) is 1.65. The SMILES string of the molecule is COc1cc(/C=C2\NC(=O)NC2=O)cc(OC)c1O. The molecule has 3 N–H and O–H groups in total. The summed E-state index contributed by atoms with van der Waals surface area (Å²) in [5, 5.41) is 14.2. The molecule has 0 saturated carbocycles. The quantitative estimate of drug-likeness (QED) is 0.548. The van der Waals surface area contributed by atoms with Crippen molar-refractivity contribution in [3.8, 4) is 17.2 Å². The molecule has 7 nitrogen and oxygen atoms in total. The fourth-order valence-corrected chi connectivity index (χ4v) is 1.65. The van der Waals surface area contributed by atoms with Crippen molar-refractivity contribution in [3.05, 3.63) is 23.4 Å². The first kappa shape index (κ1) is 12.7. The van der Waals surface area contributed by atoms with Crippen LogP contribution in [-0.2, 0) is 4.79 Å². The van der Waals surface area contributed by atoms with E-state index in [-0.39, 0.29) is 22.9 Å². The third kappa shape index (κ3) is 2.44. The highest BCUT2D eigenvalue weighted by molar-refractivity contribution is 6.14. The Morgan fingerprint density at radius 1 is 1.11 bits per heavy atom. The van der Waals surface area contributed by atoms with Crippen LogP contribution in [0.4, 0.5) is 4.79 Å². The van der Waals surface area contributed by atoms with Crippen molar-refractivity contribution in [1.82, 2.24) is 10.6 Å². The topological polar surface area (TPSA) is 96.9 Å². The highest BCUT2D eigenvalue weighted by Gasteiger charge is 2.23. The molecule has 1 aliphatic rings. The molecule has 2 rings (SSSR count). The normalized spacial score (nSPS) is 16.2. The molecule has 0 aliphatic carbocycles. The molecule has 1 aromatic carbocycles. The third-order valence-corrected chi connectivity index (χ3v) is 2.53. The van der Waals surface area contributed by atoms with Crippen molar-refractivity contribution in [2.24, 2.45) is 0 Å². The van der Waals surface area contributed by atoms with Crippen LogP contribution in [0.1, 0.15) is 5.56 Å². The van der Waals surface area contributed by atoms with Gasteiger partial charge >= 0.3 is 6.03 Å². The molecular formula is C12H12N2O5. The van der Waals surface area contributed by atoms with E-state index in [9.17, 15) is 14.7 Å². The number of ether oxygens (including phenoxy) is 2. The maximum atomic E-state index is 11.4. The van der Waals surface area contributed by atoms with E-state index in [2.05, 4.69) is 10.6 Å². The van der Waals surface area contributed by atoms with E-state index in [4.69, 9.17) is 9.47 Å². The van der Waals surface area contributed by atoms with Gasteiger partial charge in [0.05, 0.1) is 14.2 Å². The minimum Gasteiger partial charge on any atom is -0.502 e. The number of urea groups is 1. The molecule has 1 aromatic rings. The molecule has 0 aromatic heterocycles. The number of methoxy groups -OCH3 is 2. The van der Waals surface area contributed by atoms with E-state index in [0.29, 0.717) is 5.56 Å². The number of carbonyl (C=O) groups is 2. The minimum absolute atomic E-state index is 0.111. The lowest BCUT2D eigenvalue weighted by molar-refractivity contribution is -0.115. The van der Waals surface area contributed by atoms with Gasteiger partial charge in [0.2, 0.25) is 5.75 Å². The Bertz CT molecular complexity index is 554. The Kier molecular flexibility index (Phi) is 3.28. The number of benzene rings is 1. The van der Waals surface area contributed by atoms with Crippen molar-refractivity contribution >= 4 is 18.0 Å². The summed E-state index contributed by atoms with van der Waals surface area (Å²) in [7, 11) is 2.80. The molecule has 0 radical (unpaired) electrons. The molecule has 0 atom stereocenters. The van der Waals surface area contributed by atoms with E-state index in [1.54, 1.807) is 0 Å². The molecule has 1 aliphatic heterocycles. The van der Waals surface area contributed by atoms with Gasteiger partial charge in [0.15, 0.2) is 11.5 Å². The van der Waals surface area contributed by atoms with Gasteiger partial charge in [-0.2, -0.15) is 0 Å². The van der Waals surface area contributed by atoms with Gasteiger partial charge < -0.3 is 19.9 Å². The van der Waals surface area contributed by atoms with Gasteiger partial charge in [-0.3, -0.25) is 10.1 Å². The van der Waals surface area contributed by atoms with Crippen LogP contribution in [0.2, 0.25) is 0 Å². The van der Waals surface area contributed by atoms with Crippen molar-refractivity contribution < 1.29 is 24.2 Å². The van der Waals surface area contributed by atoms with Gasteiger partial charge in [-0.1, -0.05) is 0 Å². The van der Waals surface area contributed by atoms with Crippen LogP contribution in [0.5, 0.6) is 17.2 Å². The molecule has 1 heterocycles. The van der Waals surface area contributed by atoms with Gasteiger partial charge in [0.25, 0.3) is 5.91 Å². The van der Waals surface area contributed by atoms with Crippen LogP contribution in [-0.4, -0.2) is 31.3 Å². The highest BCUT2D eigenvalue weighted by atomic mass is 16.5. The van der Waals surface area contributed by atoms with Gasteiger partial charge in [-0.05, 0) is 23.8 Å². The summed E-state index contributed by atoms with van der Waals surface area (Å²) in [4.78, 5) is 22.4. The second kappa shape index (κ2) is 4.89. The largest absolute Gasteiger partial charge is 0.502 e. The van der Waals surface area contributed by atoms with Crippen LogP contribution in [0.15, 0.2) is 17.8 Å². The molecule has 1 saturated heterocycles. The first-order valence-electron chi connectivity index (χ1n) is 5.34. The van der Waals surface area contributed by atoms with E-state index in [1.165, 1.54) is 32.4 Å². The van der Waals surface area contributed by atoms with Crippen molar-refractivity contribution in [2.45, 2.75) is 0 Å². The van der Waals surface area contributed by atoms with E-state index in [1.807, 2.05) is 0 Å². The number of imide groups is 1. The number of nitrogens with one attached hydrogen (secondary N) is 2. The molecule has 100 valence electrons. The van der Waals surface area contributed by atoms with Crippen LogP contribution in [0.25, 0.3) is 6.08 Å². The maximum Gasteiger partial charge on any atom is 0.326 e. The Morgan fingerprint density at radius 2 is 1.68 bits per heavy atom. The van der Waals surface area contributed by atoms with Gasteiger partial charge in [-0.25, -0.2) is 4.79 Å². The Hall–Kier alpha value is -2.70. The summed E-state index contributed by atoms with van der Waals surface area (Å²) in [6.45, 7) is 0. The summed E-state index contributed by atoms with van der Waals surface area (Å²) < 4.78 is 9.99. The molecule has 19 heavy (non-hydrogen) atoms. The third-order valence-electron chi connectivity index (χ3n) is 2.53. The van der Waals surface area contributed by atoms with E-state index >= 15 is 0 Å². The average Bonchev–Trinajstić information content (AvgIpc) is 2.69. The number of rotatable bonds is 3. The van der Waals surface area contributed by atoms with E-state index < -0.39 is 11.9 Å². The second-order valence-electron chi connectivity index (χ2n) is 3.74. The van der Waals surface area contributed by atoms with Gasteiger partial charge in [0.1, 0.15) is 5.70 Å². The zero-order chi connectivity index (χ0) is 14.0. The minimum atomic E-state index is -0.575. The predicted molar refractivity (Wildman–Crippen MR) is 65.9 cm³/mol. The fraction of sp³-hybridized carbons (Fsp3) is 0.167. The van der Waals surface area contributed by atoms with Crippen molar-refractivity contribution in [1.29, 1.82) is 0 Å².